The van der Waals surface area contributed by atoms with Crippen LogP contribution in [0, 0.1) is 30.5 Å². The van der Waals surface area contributed by atoms with Gasteiger partial charge in [-0.1, -0.05) is 62.6 Å². The van der Waals surface area contributed by atoms with Gasteiger partial charge in [0.05, 0.1) is 0 Å². The first kappa shape index (κ1) is 19.7. The molecule has 2 aromatic rings. The van der Waals surface area contributed by atoms with Crippen LogP contribution < -0.4 is 0 Å². The Morgan fingerprint density at radius 1 is 0.750 bits per heavy atom. The van der Waals surface area contributed by atoms with Gasteiger partial charge in [0.1, 0.15) is 5.82 Å². The highest BCUT2D eigenvalue weighted by Gasteiger charge is 2.30. The lowest BCUT2D eigenvalue weighted by Crippen LogP contribution is -2.25. The molecule has 0 saturated heterocycles. The molecule has 28 heavy (non-hydrogen) atoms. The summed E-state index contributed by atoms with van der Waals surface area (Å²) in [7, 11) is 0. The van der Waals surface area contributed by atoms with E-state index >= 15 is 0 Å². The normalized spacial score (nSPS) is 28.2. The van der Waals surface area contributed by atoms with Crippen molar-refractivity contribution in [1.29, 1.82) is 0 Å². The maximum atomic E-state index is 13.9. The van der Waals surface area contributed by atoms with Crippen molar-refractivity contribution >= 4 is 0 Å². The fourth-order valence-electron chi connectivity index (χ4n) is 5.71. The van der Waals surface area contributed by atoms with E-state index in [4.69, 9.17) is 0 Å². The van der Waals surface area contributed by atoms with Crippen LogP contribution in [0.1, 0.15) is 81.8 Å². The second-order valence-electron chi connectivity index (χ2n) is 9.39. The first-order valence-corrected chi connectivity index (χ1v) is 11.5. The number of benzene rings is 2. The van der Waals surface area contributed by atoms with E-state index in [2.05, 4.69) is 31.2 Å². The molecule has 2 aliphatic carbocycles. The third-order valence-electron chi connectivity index (χ3n) is 7.79. The molecule has 150 valence electrons. The van der Waals surface area contributed by atoms with Crippen LogP contribution in [-0.2, 0) is 0 Å². The third-order valence-corrected chi connectivity index (χ3v) is 7.79. The molecule has 0 unspecified atom stereocenters. The molecular formula is C27H35F. The van der Waals surface area contributed by atoms with E-state index in [0.717, 1.165) is 28.9 Å². The predicted octanol–water partition coefficient (Wildman–Crippen LogP) is 8.29. The van der Waals surface area contributed by atoms with E-state index < -0.39 is 0 Å². The summed E-state index contributed by atoms with van der Waals surface area (Å²) in [5, 5.41) is 0. The second-order valence-corrected chi connectivity index (χ2v) is 9.39. The minimum absolute atomic E-state index is 0.118. The highest BCUT2D eigenvalue weighted by molar-refractivity contribution is 5.64. The monoisotopic (exact) mass is 378 g/mol. The molecule has 0 nitrogen and oxygen atoms in total. The second kappa shape index (κ2) is 8.80. The predicted molar refractivity (Wildman–Crippen MR) is 117 cm³/mol. The zero-order valence-corrected chi connectivity index (χ0v) is 17.6. The van der Waals surface area contributed by atoms with E-state index in [1.54, 1.807) is 6.07 Å². The van der Waals surface area contributed by atoms with Crippen molar-refractivity contribution in [2.24, 2.45) is 17.8 Å². The van der Waals surface area contributed by atoms with Crippen LogP contribution in [0.25, 0.3) is 11.1 Å². The minimum Gasteiger partial charge on any atom is -0.207 e. The zero-order chi connectivity index (χ0) is 19.5. The van der Waals surface area contributed by atoms with Gasteiger partial charge in [0, 0.05) is 0 Å². The van der Waals surface area contributed by atoms with E-state index in [-0.39, 0.29) is 5.82 Å². The van der Waals surface area contributed by atoms with Crippen LogP contribution in [0.5, 0.6) is 0 Å². The lowest BCUT2D eigenvalue weighted by atomic mass is 9.68. The van der Waals surface area contributed by atoms with Crippen molar-refractivity contribution in [3.05, 3.63) is 59.4 Å². The molecule has 1 heteroatoms. The highest BCUT2D eigenvalue weighted by atomic mass is 19.1. The maximum Gasteiger partial charge on any atom is 0.126 e. The zero-order valence-electron chi connectivity index (χ0n) is 17.6. The van der Waals surface area contributed by atoms with Crippen molar-refractivity contribution in [1.82, 2.24) is 0 Å². The van der Waals surface area contributed by atoms with Gasteiger partial charge in [0.15, 0.2) is 0 Å². The molecule has 0 N–H and O–H groups in total. The number of aryl methyl sites for hydroxylation is 1. The standard InChI is InChI=1S/C27H35F/c1-3-20-5-8-21(9-6-20)22-10-12-23(13-11-22)24-14-16-25(17-15-24)26-7-4-19(2)27(28)18-26/h4,7,14-18,20-23H,3,5-6,8-13H2,1-2H3. The van der Waals surface area contributed by atoms with Gasteiger partial charge in [-0.15, -0.1) is 0 Å². The Morgan fingerprint density at radius 2 is 1.32 bits per heavy atom. The van der Waals surface area contributed by atoms with Crippen molar-refractivity contribution in [3.63, 3.8) is 0 Å². The molecule has 0 atom stereocenters. The van der Waals surface area contributed by atoms with Crippen molar-refractivity contribution in [2.75, 3.05) is 0 Å². The SMILES string of the molecule is CCC1CCC(C2CCC(c3ccc(-c4ccc(C)c(F)c4)cc3)CC2)CC1. The van der Waals surface area contributed by atoms with Gasteiger partial charge in [0.2, 0.25) is 0 Å². The van der Waals surface area contributed by atoms with E-state index in [9.17, 15) is 4.39 Å². The Morgan fingerprint density at radius 3 is 1.89 bits per heavy atom. The first-order chi connectivity index (χ1) is 13.6. The molecule has 0 amide bonds. The summed E-state index contributed by atoms with van der Waals surface area (Å²) in [5.41, 5.74) is 4.27. The Labute approximate surface area is 170 Å². The Bertz CT molecular complexity index is 759. The van der Waals surface area contributed by atoms with Crippen LogP contribution in [0.4, 0.5) is 4.39 Å². The summed E-state index contributed by atoms with van der Waals surface area (Å²) < 4.78 is 13.9. The molecule has 0 aromatic heterocycles. The molecule has 4 rings (SSSR count). The fraction of sp³-hybridized carbons (Fsp3) is 0.556. The molecule has 0 aliphatic heterocycles. The summed E-state index contributed by atoms with van der Waals surface area (Å²) in [6.07, 6.45) is 12.8. The van der Waals surface area contributed by atoms with Crippen molar-refractivity contribution in [2.45, 2.75) is 77.6 Å². The molecule has 0 bridgehead atoms. The molecular weight excluding hydrogens is 343 g/mol. The van der Waals surface area contributed by atoms with Crippen molar-refractivity contribution < 1.29 is 4.39 Å². The summed E-state index contributed by atoms with van der Waals surface area (Å²) in [5.74, 6) is 3.58. The summed E-state index contributed by atoms with van der Waals surface area (Å²) in [4.78, 5) is 0. The first-order valence-electron chi connectivity index (χ1n) is 11.5. The van der Waals surface area contributed by atoms with Crippen LogP contribution in [0.3, 0.4) is 0 Å². The molecule has 2 saturated carbocycles. The van der Waals surface area contributed by atoms with E-state index in [1.807, 2.05) is 19.1 Å². The molecule has 2 aromatic carbocycles. The number of hydrogen-bond donors (Lipinski definition) is 0. The third kappa shape index (κ3) is 4.34. The lowest BCUT2D eigenvalue weighted by Gasteiger charge is -2.38. The Kier molecular flexibility index (Phi) is 6.19. The van der Waals surface area contributed by atoms with Crippen LogP contribution >= 0.6 is 0 Å². The molecule has 0 radical (unpaired) electrons. The highest BCUT2D eigenvalue weighted by Crippen LogP contribution is 2.44. The quantitative estimate of drug-likeness (QED) is 0.502. The largest absolute Gasteiger partial charge is 0.207 e. The van der Waals surface area contributed by atoms with Crippen LogP contribution in [0.15, 0.2) is 42.5 Å². The Balaban J connectivity index is 1.34. The van der Waals surface area contributed by atoms with Gasteiger partial charge in [-0.3, -0.25) is 0 Å². The molecule has 2 fully saturated rings. The number of halogens is 1. The van der Waals surface area contributed by atoms with Crippen molar-refractivity contribution in [3.8, 4) is 11.1 Å². The Hall–Kier alpha value is -1.63. The minimum atomic E-state index is -0.118. The van der Waals surface area contributed by atoms with Gasteiger partial charge in [-0.2, -0.15) is 0 Å². The number of hydrogen-bond acceptors (Lipinski definition) is 0. The van der Waals surface area contributed by atoms with Crippen LogP contribution in [-0.4, -0.2) is 0 Å². The summed E-state index contributed by atoms with van der Waals surface area (Å²) >= 11 is 0. The summed E-state index contributed by atoms with van der Waals surface area (Å²) in [6.45, 7) is 4.17. The topological polar surface area (TPSA) is 0 Å². The van der Waals surface area contributed by atoms with Gasteiger partial charge < -0.3 is 0 Å². The fourth-order valence-corrected chi connectivity index (χ4v) is 5.71. The van der Waals surface area contributed by atoms with Crippen LogP contribution in [0.2, 0.25) is 0 Å². The molecule has 0 heterocycles. The number of rotatable bonds is 4. The molecule has 0 spiro atoms. The average Bonchev–Trinajstić information content (AvgIpc) is 2.76. The maximum absolute atomic E-state index is 13.9. The smallest absolute Gasteiger partial charge is 0.126 e. The lowest BCUT2D eigenvalue weighted by molar-refractivity contribution is 0.158. The van der Waals surface area contributed by atoms with Gasteiger partial charge in [-0.05, 0) is 97.4 Å². The summed E-state index contributed by atoms with van der Waals surface area (Å²) in [6, 6.07) is 14.5. The van der Waals surface area contributed by atoms with Gasteiger partial charge in [0.25, 0.3) is 0 Å². The van der Waals surface area contributed by atoms with Gasteiger partial charge in [-0.25, -0.2) is 4.39 Å². The van der Waals surface area contributed by atoms with E-state index in [1.165, 1.54) is 63.4 Å². The average molecular weight is 379 g/mol. The molecule has 2 aliphatic rings. The van der Waals surface area contributed by atoms with E-state index in [0.29, 0.717) is 11.5 Å². The van der Waals surface area contributed by atoms with Gasteiger partial charge >= 0.3 is 0 Å².